The fourth-order valence-corrected chi connectivity index (χ4v) is 1.83. The molecule has 0 spiro atoms. The van der Waals surface area contributed by atoms with Gasteiger partial charge in [-0.15, -0.1) is 0 Å². The number of halogens is 1. The first-order chi connectivity index (χ1) is 9.86. The molecular formula is C13H15ClN2O5. The van der Waals surface area contributed by atoms with Crippen LogP contribution in [0.5, 0.6) is 0 Å². The monoisotopic (exact) mass is 314 g/mol. The van der Waals surface area contributed by atoms with Gasteiger partial charge in [0.25, 0.3) is 0 Å². The van der Waals surface area contributed by atoms with Gasteiger partial charge in [0.05, 0.1) is 7.11 Å². The van der Waals surface area contributed by atoms with Crippen LogP contribution in [0.2, 0.25) is 5.02 Å². The molecule has 1 aromatic carbocycles. The number of benzene rings is 1. The molecule has 1 rings (SSSR count). The lowest BCUT2D eigenvalue weighted by atomic mass is 10.1. The van der Waals surface area contributed by atoms with E-state index in [1.165, 1.54) is 26.2 Å². The number of amides is 2. The van der Waals surface area contributed by atoms with Crippen LogP contribution in [0.3, 0.4) is 0 Å². The number of rotatable bonds is 5. The normalized spacial score (nSPS) is 12.9. The van der Waals surface area contributed by atoms with Crippen LogP contribution in [0.4, 0.5) is 4.79 Å². The molecule has 3 N–H and O–H groups in total. The number of aliphatic carboxylic acids is 1. The van der Waals surface area contributed by atoms with Crippen molar-refractivity contribution >= 4 is 29.6 Å². The molecule has 0 bridgehead atoms. The van der Waals surface area contributed by atoms with Crippen LogP contribution in [0.15, 0.2) is 24.3 Å². The van der Waals surface area contributed by atoms with E-state index in [2.05, 4.69) is 15.4 Å². The Labute approximate surface area is 126 Å². The molecule has 21 heavy (non-hydrogen) atoms. The molecule has 7 nitrogen and oxygen atoms in total. The fraction of sp³-hybridized carbons (Fsp3) is 0.308. The van der Waals surface area contributed by atoms with Crippen LogP contribution in [0, 0.1) is 0 Å². The van der Waals surface area contributed by atoms with Gasteiger partial charge in [-0.2, -0.15) is 0 Å². The zero-order valence-electron chi connectivity index (χ0n) is 11.4. The van der Waals surface area contributed by atoms with E-state index >= 15 is 0 Å². The van der Waals surface area contributed by atoms with Gasteiger partial charge >= 0.3 is 18.0 Å². The molecule has 2 amide bonds. The van der Waals surface area contributed by atoms with Gasteiger partial charge in [-0.25, -0.2) is 14.4 Å². The predicted molar refractivity (Wildman–Crippen MR) is 75.0 cm³/mol. The van der Waals surface area contributed by atoms with E-state index < -0.39 is 30.1 Å². The summed E-state index contributed by atoms with van der Waals surface area (Å²) >= 11 is 5.92. The lowest BCUT2D eigenvalue weighted by molar-refractivity contribution is -0.142. The molecule has 0 aliphatic heterocycles. The Morgan fingerprint density at radius 3 is 2.38 bits per heavy atom. The third kappa shape index (κ3) is 4.64. The second-order valence-electron chi connectivity index (χ2n) is 4.16. The molecule has 0 aromatic heterocycles. The summed E-state index contributed by atoms with van der Waals surface area (Å²) in [7, 11) is 1.18. The molecule has 0 aliphatic carbocycles. The Kier molecular flexibility index (Phi) is 5.98. The Balaban J connectivity index is 2.81. The summed E-state index contributed by atoms with van der Waals surface area (Å²) in [4.78, 5) is 34.2. The number of hydrogen-bond acceptors (Lipinski definition) is 4. The molecule has 114 valence electrons. The summed E-state index contributed by atoms with van der Waals surface area (Å²) in [6.07, 6.45) is 0. The standard InChI is InChI=1S/C13H15ClN2O5/c1-7(12(19)21-2)15-13(20)16-10(11(17)18)8-5-3-4-6-9(8)14/h3-7,10H,1-2H3,(H,17,18)(H2,15,16,20)/t7?,10-/m1/s1. The molecule has 1 unspecified atom stereocenters. The number of ether oxygens (including phenoxy) is 1. The maximum absolute atomic E-state index is 11.7. The van der Waals surface area contributed by atoms with Gasteiger partial charge in [-0.1, -0.05) is 29.8 Å². The Morgan fingerprint density at radius 1 is 1.24 bits per heavy atom. The van der Waals surface area contributed by atoms with Crippen molar-refractivity contribution in [2.45, 2.75) is 19.0 Å². The van der Waals surface area contributed by atoms with Crippen molar-refractivity contribution in [3.63, 3.8) is 0 Å². The van der Waals surface area contributed by atoms with Crippen molar-refractivity contribution in [2.75, 3.05) is 7.11 Å². The van der Waals surface area contributed by atoms with Crippen LogP contribution in [0.25, 0.3) is 0 Å². The number of nitrogens with one attached hydrogen (secondary N) is 2. The van der Waals surface area contributed by atoms with Crippen molar-refractivity contribution in [3.8, 4) is 0 Å². The number of hydrogen-bond donors (Lipinski definition) is 3. The highest BCUT2D eigenvalue weighted by atomic mass is 35.5. The summed E-state index contributed by atoms with van der Waals surface area (Å²) in [5, 5.41) is 13.9. The first kappa shape index (κ1) is 16.8. The zero-order chi connectivity index (χ0) is 16.0. The summed E-state index contributed by atoms with van der Waals surface area (Å²) < 4.78 is 4.45. The van der Waals surface area contributed by atoms with Crippen molar-refractivity contribution in [3.05, 3.63) is 34.9 Å². The number of carboxylic acid groups (broad SMARTS) is 1. The Hall–Kier alpha value is -2.28. The number of carboxylic acids is 1. The summed E-state index contributed by atoms with van der Waals surface area (Å²) in [5.41, 5.74) is 0.243. The Bertz CT molecular complexity index is 549. The average molecular weight is 315 g/mol. The lowest BCUT2D eigenvalue weighted by Gasteiger charge is -2.18. The highest BCUT2D eigenvalue weighted by Crippen LogP contribution is 2.22. The van der Waals surface area contributed by atoms with E-state index in [1.807, 2.05) is 0 Å². The maximum Gasteiger partial charge on any atom is 0.331 e. The topological polar surface area (TPSA) is 105 Å². The molecule has 0 heterocycles. The molecular weight excluding hydrogens is 300 g/mol. The molecule has 1 aromatic rings. The average Bonchev–Trinajstić information content (AvgIpc) is 2.44. The molecule has 0 saturated heterocycles. The van der Waals surface area contributed by atoms with E-state index in [-0.39, 0.29) is 10.6 Å². The highest BCUT2D eigenvalue weighted by molar-refractivity contribution is 6.31. The summed E-state index contributed by atoms with van der Waals surface area (Å²) in [5.74, 6) is -1.92. The van der Waals surface area contributed by atoms with Crippen LogP contribution in [-0.4, -0.2) is 36.2 Å². The minimum Gasteiger partial charge on any atom is -0.479 e. The smallest absolute Gasteiger partial charge is 0.331 e. The van der Waals surface area contributed by atoms with Crippen LogP contribution >= 0.6 is 11.6 Å². The minimum absolute atomic E-state index is 0.214. The van der Waals surface area contributed by atoms with Crippen molar-refractivity contribution < 1.29 is 24.2 Å². The highest BCUT2D eigenvalue weighted by Gasteiger charge is 2.25. The van der Waals surface area contributed by atoms with Crippen LogP contribution in [0.1, 0.15) is 18.5 Å². The van der Waals surface area contributed by atoms with Crippen molar-refractivity contribution in [1.29, 1.82) is 0 Å². The van der Waals surface area contributed by atoms with Gasteiger partial charge < -0.3 is 20.5 Å². The third-order valence-electron chi connectivity index (χ3n) is 2.64. The first-order valence-corrected chi connectivity index (χ1v) is 6.36. The van der Waals surface area contributed by atoms with Gasteiger partial charge in [-0.05, 0) is 13.0 Å². The predicted octanol–water partition coefficient (Wildman–Crippen LogP) is 1.33. The van der Waals surface area contributed by atoms with Gasteiger partial charge in [-0.3, -0.25) is 0 Å². The van der Waals surface area contributed by atoms with Crippen LogP contribution < -0.4 is 10.6 Å². The zero-order valence-corrected chi connectivity index (χ0v) is 12.2. The summed E-state index contributed by atoms with van der Waals surface area (Å²) in [6, 6.07) is 3.20. The third-order valence-corrected chi connectivity index (χ3v) is 2.99. The number of esters is 1. The van der Waals surface area contributed by atoms with Crippen molar-refractivity contribution in [1.82, 2.24) is 10.6 Å². The van der Waals surface area contributed by atoms with Gasteiger partial charge in [0.2, 0.25) is 0 Å². The molecule has 0 aliphatic rings. The summed E-state index contributed by atoms with van der Waals surface area (Å²) in [6.45, 7) is 1.41. The van der Waals surface area contributed by atoms with E-state index in [1.54, 1.807) is 12.1 Å². The minimum atomic E-state index is -1.33. The molecule has 0 fully saturated rings. The molecule has 8 heteroatoms. The van der Waals surface area contributed by atoms with Crippen molar-refractivity contribution in [2.24, 2.45) is 0 Å². The number of carbonyl (C=O) groups excluding carboxylic acids is 2. The van der Waals surface area contributed by atoms with E-state index in [4.69, 9.17) is 11.6 Å². The molecule has 0 saturated carbocycles. The largest absolute Gasteiger partial charge is 0.479 e. The second-order valence-corrected chi connectivity index (χ2v) is 4.56. The first-order valence-electron chi connectivity index (χ1n) is 5.99. The second kappa shape index (κ2) is 7.49. The number of methoxy groups -OCH3 is 1. The molecule has 0 radical (unpaired) electrons. The van der Waals surface area contributed by atoms with Gasteiger partial charge in [0.15, 0.2) is 6.04 Å². The number of carbonyl (C=O) groups is 3. The van der Waals surface area contributed by atoms with Crippen LogP contribution in [-0.2, 0) is 14.3 Å². The Morgan fingerprint density at radius 2 is 1.86 bits per heavy atom. The van der Waals surface area contributed by atoms with Gasteiger partial charge in [0, 0.05) is 10.6 Å². The van der Waals surface area contributed by atoms with E-state index in [9.17, 15) is 19.5 Å². The SMILES string of the molecule is COC(=O)C(C)NC(=O)N[C@@H](C(=O)O)c1ccccc1Cl. The lowest BCUT2D eigenvalue weighted by Crippen LogP contribution is -2.47. The maximum atomic E-state index is 11.7. The number of urea groups is 1. The van der Waals surface area contributed by atoms with E-state index in [0.717, 1.165) is 0 Å². The molecule has 2 atom stereocenters. The quantitative estimate of drug-likeness (QED) is 0.711. The van der Waals surface area contributed by atoms with E-state index in [0.29, 0.717) is 0 Å². The fourth-order valence-electron chi connectivity index (χ4n) is 1.59. The van der Waals surface area contributed by atoms with Gasteiger partial charge in [0.1, 0.15) is 6.04 Å².